The predicted molar refractivity (Wildman–Crippen MR) is 75.8 cm³/mol. The third-order valence-corrected chi connectivity index (χ3v) is 2.95. The molecule has 0 fully saturated rings. The molecule has 0 aliphatic carbocycles. The van der Waals surface area contributed by atoms with Crippen LogP contribution in [-0.4, -0.2) is 10.8 Å². The molecule has 1 N–H and O–H groups in total. The van der Waals surface area contributed by atoms with Gasteiger partial charge < -0.3 is 5.11 Å². The number of hydrogen-bond donors (Lipinski definition) is 1. The molecule has 0 spiro atoms. The molecule has 2 aromatic carbocycles. The van der Waals surface area contributed by atoms with Gasteiger partial charge in [0.15, 0.2) is 0 Å². The van der Waals surface area contributed by atoms with Gasteiger partial charge in [0, 0.05) is 5.71 Å². The molecule has 2 rings (SSSR count). The van der Waals surface area contributed by atoms with E-state index in [0.29, 0.717) is 0 Å². The molecule has 0 heterocycles. The highest BCUT2D eigenvalue weighted by molar-refractivity contribution is 6.00. The van der Waals surface area contributed by atoms with E-state index in [1.165, 1.54) is 5.56 Å². The minimum absolute atomic E-state index is 0.278. The van der Waals surface area contributed by atoms with Gasteiger partial charge >= 0.3 is 0 Å². The summed E-state index contributed by atoms with van der Waals surface area (Å²) < 4.78 is 0. The number of phenolic OH excluding ortho intramolecular Hbond substituents is 1. The lowest BCUT2D eigenvalue weighted by Gasteiger charge is -2.05. The van der Waals surface area contributed by atoms with E-state index in [4.69, 9.17) is 0 Å². The lowest BCUT2D eigenvalue weighted by molar-refractivity contribution is 0.475. The van der Waals surface area contributed by atoms with Crippen LogP contribution in [0.25, 0.3) is 0 Å². The van der Waals surface area contributed by atoms with Crippen LogP contribution in [0, 0.1) is 0 Å². The molecular formula is C16H17NO. The summed E-state index contributed by atoms with van der Waals surface area (Å²) in [6, 6.07) is 15.3. The SMILES string of the molecule is CCc1ccccc1N=C(C)c1ccc(O)cc1. The number of phenols is 1. The third kappa shape index (κ3) is 2.77. The summed E-state index contributed by atoms with van der Waals surface area (Å²) in [4.78, 5) is 4.66. The van der Waals surface area contributed by atoms with E-state index >= 15 is 0 Å². The molecule has 2 aromatic rings. The molecule has 0 bridgehead atoms. The highest BCUT2D eigenvalue weighted by atomic mass is 16.3. The van der Waals surface area contributed by atoms with Crippen molar-refractivity contribution in [2.24, 2.45) is 4.99 Å². The Hall–Kier alpha value is -2.09. The van der Waals surface area contributed by atoms with Crippen molar-refractivity contribution < 1.29 is 5.11 Å². The van der Waals surface area contributed by atoms with Gasteiger partial charge in [-0.25, -0.2) is 0 Å². The lowest BCUT2D eigenvalue weighted by Crippen LogP contribution is -1.94. The Balaban J connectivity index is 2.35. The van der Waals surface area contributed by atoms with Crippen LogP contribution in [0.3, 0.4) is 0 Å². The summed E-state index contributed by atoms with van der Waals surface area (Å²) in [5, 5.41) is 9.27. The van der Waals surface area contributed by atoms with Crippen LogP contribution in [0.1, 0.15) is 25.0 Å². The van der Waals surface area contributed by atoms with Gasteiger partial charge in [-0.15, -0.1) is 0 Å². The predicted octanol–water partition coefficient (Wildman–Crippen LogP) is 4.10. The second kappa shape index (κ2) is 5.50. The number of rotatable bonds is 3. The fraction of sp³-hybridized carbons (Fsp3) is 0.188. The van der Waals surface area contributed by atoms with Crippen molar-refractivity contribution in [1.29, 1.82) is 0 Å². The maximum Gasteiger partial charge on any atom is 0.115 e. The smallest absolute Gasteiger partial charge is 0.115 e. The van der Waals surface area contributed by atoms with Crippen molar-refractivity contribution >= 4 is 11.4 Å². The van der Waals surface area contributed by atoms with Crippen molar-refractivity contribution in [2.45, 2.75) is 20.3 Å². The summed E-state index contributed by atoms with van der Waals surface area (Å²) >= 11 is 0. The van der Waals surface area contributed by atoms with E-state index in [0.717, 1.165) is 23.4 Å². The molecule has 0 saturated heterocycles. The van der Waals surface area contributed by atoms with Crippen LogP contribution in [0.15, 0.2) is 53.5 Å². The Kier molecular flexibility index (Phi) is 3.78. The molecule has 0 unspecified atom stereocenters. The zero-order valence-corrected chi connectivity index (χ0v) is 10.7. The van der Waals surface area contributed by atoms with Crippen LogP contribution in [-0.2, 0) is 6.42 Å². The summed E-state index contributed by atoms with van der Waals surface area (Å²) in [6.07, 6.45) is 0.975. The molecule has 0 radical (unpaired) electrons. The molecule has 0 atom stereocenters. The van der Waals surface area contributed by atoms with E-state index in [-0.39, 0.29) is 5.75 Å². The topological polar surface area (TPSA) is 32.6 Å². The molecule has 92 valence electrons. The van der Waals surface area contributed by atoms with Gasteiger partial charge in [-0.3, -0.25) is 4.99 Å². The summed E-state index contributed by atoms with van der Waals surface area (Å²) in [7, 11) is 0. The first kappa shape index (κ1) is 12.4. The largest absolute Gasteiger partial charge is 0.508 e. The monoisotopic (exact) mass is 239 g/mol. The van der Waals surface area contributed by atoms with E-state index in [1.807, 2.05) is 37.3 Å². The van der Waals surface area contributed by atoms with Crippen LogP contribution >= 0.6 is 0 Å². The average Bonchev–Trinajstić information content (AvgIpc) is 2.40. The minimum Gasteiger partial charge on any atom is -0.508 e. The van der Waals surface area contributed by atoms with Crippen LogP contribution in [0.5, 0.6) is 5.75 Å². The second-order valence-electron chi connectivity index (χ2n) is 4.23. The molecule has 2 heteroatoms. The van der Waals surface area contributed by atoms with Crippen molar-refractivity contribution in [3.63, 3.8) is 0 Å². The Bertz CT molecular complexity index is 556. The average molecular weight is 239 g/mol. The Labute approximate surface area is 108 Å². The van der Waals surface area contributed by atoms with Gasteiger partial charge in [0.05, 0.1) is 5.69 Å². The van der Waals surface area contributed by atoms with Gasteiger partial charge in [0.25, 0.3) is 0 Å². The van der Waals surface area contributed by atoms with E-state index in [9.17, 15) is 5.11 Å². The maximum atomic E-state index is 9.27. The molecular weight excluding hydrogens is 222 g/mol. The highest BCUT2D eigenvalue weighted by Crippen LogP contribution is 2.21. The zero-order chi connectivity index (χ0) is 13.0. The molecule has 0 saturated carbocycles. The normalized spacial score (nSPS) is 11.6. The molecule has 18 heavy (non-hydrogen) atoms. The van der Waals surface area contributed by atoms with Crippen molar-refractivity contribution in [1.82, 2.24) is 0 Å². The number of nitrogens with zero attached hydrogens (tertiary/aromatic N) is 1. The highest BCUT2D eigenvalue weighted by Gasteiger charge is 2.01. The number of benzene rings is 2. The van der Waals surface area contributed by atoms with Crippen LogP contribution in [0.2, 0.25) is 0 Å². The quantitative estimate of drug-likeness (QED) is 0.804. The Morgan fingerprint density at radius 1 is 1.06 bits per heavy atom. The van der Waals surface area contributed by atoms with Crippen molar-refractivity contribution in [3.05, 3.63) is 59.7 Å². The summed E-state index contributed by atoms with van der Waals surface area (Å²) in [5.41, 5.74) is 4.25. The fourth-order valence-corrected chi connectivity index (χ4v) is 1.87. The molecule has 0 aliphatic rings. The third-order valence-electron chi connectivity index (χ3n) is 2.95. The number of aliphatic imine (C=N–C) groups is 1. The number of para-hydroxylation sites is 1. The summed E-state index contributed by atoms with van der Waals surface area (Å²) in [6.45, 7) is 4.11. The van der Waals surface area contributed by atoms with E-state index in [2.05, 4.69) is 18.0 Å². The van der Waals surface area contributed by atoms with E-state index in [1.54, 1.807) is 12.1 Å². The first-order valence-electron chi connectivity index (χ1n) is 6.13. The molecule has 0 aliphatic heterocycles. The fourth-order valence-electron chi connectivity index (χ4n) is 1.87. The summed E-state index contributed by atoms with van der Waals surface area (Å²) in [5.74, 6) is 0.278. The minimum atomic E-state index is 0.278. The maximum absolute atomic E-state index is 9.27. The number of hydrogen-bond acceptors (Lipinski definition) is 2. The van der Waals surface area contributed by atoms with Gasteiger partial charge in [0.1, 0.15) is 5.75 Å². The van der Waals surface area contributed by atoms with Crippen molar-refractivity contribution in [3.8, 4) is 5.75 Å². The van der Waals surface area contributed by atoms with E-state index < -0.39 is 0 Å². The second-order valence-corrected chi connectivity index (χ2v) is 4.23. The Morgan fingerprint density at radius 2 is 1.72 bits per heavy atom. The zero-order valence-electron chi connectivity index (χ0n) is 10.7. The number of aromatic hydroxyl groups is 1. The first-order valence-corrected chi connectivity index (χ1v) is 6.13. The van der Waals surface area contributed by atoms with Gasteiger partial charge in [0.2, 0.25) is 0 Å². The standard InChI is InChI=1S/C16H17NO/c1-3-13-6-4-5-7-16(13)17-12(2)14-8-10-15(18)11-9-14/h4-11,18H,3H2,1-2H3. The van der Waals surface area contributed by atoms with Crippen LogP contribution in [0.4, 0.5) is 5.69 Å². The first-order chi connectivity index (χ1) is 8.70. The molecule has 0 aromatic heterocycles. The van der Waals surface area contributed by atoms with Gasteiger partial charge in [-0.2, -0.15) is 0 Å². The van der Waals surface area contributed by atoms with Gasteiger partial charge in [-0.05, 0) is 54.8 Å². The number of aryl methyl sites for hydroxylation is 1. The van der Waals surface area contributed by atoms with Crippen molar-refractivity contribution in [2.75, 3.05) is 0 Å². The molecule has 2 nitrogen and oxygen atoms in total. The van der Waals surface area contributed by atoms with Crippen LogP contribution < -0.4 is 0 Å². The molecule has 0 amide bonds. The lowest BCUT2D eigenvalue weighted by atomic mass is 10.1. The Morgan fingerprint density at radius 3 is 2.39 bits per heavy atom. The van der Waals surface area contributed by atoms with Gasteiger partial charge in [-0.1, -0.05) is 25.1 Å².